The Morgan fingerprint density at radius 3 is 2.96 bits per heavy atom. The Morgan fingerprint density at radius 1 is 1.24 bits per heavy atom. The van der Waals surface area contributed by atoms with Gasteiger partial charge in [0.2, 0.25) is 0 Å². The fraction of sp³-hybridized carbons (Fsp3) is 0.471. The fourth-order valence-corrected chi connectivity index (χ4v) is 3.40. The van der Waals surface area contributed by atoms with Crippen LogP contribution in [-0.4, -0.2) is 44.9 Å². The summed E-state index contributed by atoms with van der Waals surface area (Å²) in [7, 11) is 0. The van der Waals surface area contributed by atoms with Crippen molar-refractivity contribution in [2.45, 2.75) is 37.8 Å². The van der Waals surface area contributed by atoms with Crippen molar-refractivity contribution in [1.82, 2.24) is 25.1 Å². The van der Waals surface area contributed by atoms with Crippen molar-refractivity contribution in [3.05, 3.63) is 52.0 Å². The number of carbonyl (C=O) groups excluding carboxylic acids is 1. The van der Waals surface area contributed by atoms with Crippen molar-refractivity contribution in [2.75, 3.05) is 13.2 Å². The number of nitrogens with zero attached hydrogens (tertiary/aromatic N) is 4. The summed E-state index contributed by atoms with van der Waals surface area (Å²) in [5.74, 6) is -0.334. The highest BCUT2D eigenvalue weighted by atomic mass is 16.5. The zero-order valence-corrected chi connectivity index (χ0v) is 13.7. The molecule has 2 atom stereocenters. The smallest absolute Gasteiger partial charge is 0.271 e. The van der Waals surface area contributed by atoms with E-state index < -0.39 is 0 Å². The maximum absolute atomic E-state index is 12.5. The average molecular weight is 341 g/mol. The Bertz CT molecular complexity index is 836. The first-order valence-electron chi connectivity index (χ1n) is 8.48. The van der Waals surface area contributed by atoms with E-state index in [0.29, 0.717) is 13.2 Å². The lowest BCUT2D eigenvalue weighted by atomic mass is 9.97. The summed E-state index contributed by atoms with van der Waals surface area (Å²) in [4.78, 5) is 32.7. The quantitative estimate of drug-likeness (QED) is 0.861. The molecule has 2 aromatic rings. The number of rotatable bonds is 3. The maximum Gasteiger partial charge on any atom is 0.271 e. The normalized spacial score (nSPS) is 22.4. The van der Waals surface area contributed by atoms with E-state index in [4.69, 9.17) is 4.74 Å². The number of carbonyl (C=O) groups is 1. The topological polar surface area (TPSA) is 99.0 Å². The molecular weight excluding hydrogens is 322 g/mol. The van der Waals surface area contributed by atoms with E-state index >= 15 is 0 Å². The molecule has 1 aliphatic heterocycles. The highest BCUT2D eigenvalue weighted by Gasteiger charge is 2.33. The fourth-order valence-electron chi connectivity index (χ4n) is 3.40. The molecule has 8 heteroatoms. The SMILES string of the molecule is O=C(NC1COCC1n1nc2c(cc1=O)CCCC2)c1cnccn1. The zero-order chi connectivity index (χ0) is 17.2. The third-order valence-corrected chi connectivity index (χ3v) is 4.71. The predicted octanol–water partition coefficient (Wildman–Crippen LogP) is 0.282. The standard InChI is InChI=1S/C17H19N5O3/c23-16-7-11-3-1-2-4-12(11)21-22(16)15-10-25-9-14(15)20-17(24)13-8-18-5-6-19-13/h5-8,14-15H,1-4,9-10H2,(H,20,24). The molecule has 4 rings (SSSR count). The van der Waals surface area contributed by atoms with Gasteiger partial charge in [-0.05, 0) is 31.2 Å². The molecule has 0 aromatic carbocycles. The van der Waals surface area contributed by atoms with Crippen LogP contribution < -0.4 is 10.9 Å². The summed E-state index contributed by atoms with van der Waals surface area (Å²) in [5, 5.41) is 7.45. The van der Waals surface area contributed by atoms with Crippen LogP contribution in [-0.2, 0) is 17.6 Å². The number of hydrogen-bond acceptors (Lipinski definition) is 6. The van der Waals surface area contributed by atoms with Crippen molar-refractivity contribution >= 4 is 5.91 Å². The van der Waals surface area contributed by atoms with Crippen molar-refractivity contribution in [1.29, 1.82) is 0 Å². The molecule has 130 valence electrons. The molecule has 1 amide bonds. The molecule has 8 nitrogen and oxygen atoms in total. The van der Waals surface area contributed by atoms with Gasteiger partial charge < -0.3 is 10.1 Å². The molecule has 3 heterocycles. The minimum absolute atomic E-state index is 0.144. The van der Waals surface area contributed by atoms with Crippen molar-refractivity contribution < 1.29 is 9.53 Å². The largest absolute Gasteiger partial charge is 0.377 e. The van der Waals surface area contributed by atoms with Crippen LogP contribution in [0.2, 0.25) is 0 Å². The summed E-state index contributed by atoms with van der Waals surface area (Å²) in [5.41, 5.74) is 2.12. The minimum Gasteiger partial charge on any atom is -0.377 e. The van der Waals surface area contributed by atoms with Crippen LogP contribution in [0.4, 0.5) is 0 Å². The first kappa shape index (κ1) is 15.9. The monoisotopic (exact) mass is 341 g/mol. The Balaban J connectivity index is 1.57. The minimum atomic E-state index is -0.334. The van der Waals surface area contributed by atoms with E-state index in [1.165, 1.54) is 23.3 Å². The summed E-state index contributed by atoms with van der Waals surface area (Å²) >= 11 is 0. The van der Waals surface area contributed by atoms with E-state index in [0.717, 1.165) is 36.9 Å². The maximum atomic E-state index is 12.5. The van der Waals surface area contributed by atoms with Gasteiger partial charge in [0, 0.05) is 18.5 Å². The molecule has 2 aliphatic rings. The van der Waals surface area contributed by atoms with E-state index in [2.05, 4.69) is 20.4 Å². The van der Waals surface area contributed by atoms with Gasteiger partial charge in [-0.1, -0.05) is 0 Å². The molecule has 0 spiro atoms. The molecule has 0 bridgehead atoms. The van der Waals surface area contributed by atoms with Crippen molar-refractivity contribution in [3.63, 3.8) is 0 Å². The summed E-state index contributed by atoms with van der Waals surface area (Å²) in [6.45, 7) is 0.680. The molecule has 2 aromatic heterocycles. The predicted molar refractivity (Wildman–Crippen MR) is 88.3 cm³/mol. The van der Waals surface area contributed by atoms with Crippen molar-refractivity contribution in [2.24, 2.45) is 0 Å². The van der Waals surface area contributed by atoms with Crippen LogP contribution in [0.15, 0.2) is 29.5 Å². The van der Waals surface area contributed by atoms with Gasteiger partial charge in [-0.25, -0.2) is 9.67 Å². The molecular formula is C17H19N5O3. The molecule has 0 saturated carbocycles. The summed E-state index contributed by atoms with van der Waals surface area (Å²) < 4.78 is 6.98. The molecule has 25 heavy (non-hydrogen) atoms. The lowest BCUT2D eigenvalue weighted by Crippen LogP contribution is -2.44. The van der Waals surface area contributed by atoms with E-state index in [1.54, 1.807) is 6.07 Å². The Labute approximate surface area is 144 Å². The summed E-state index contributed by atoms with van der Waals surface area (Å²) in [6.07, 6.45) is 8.37. The van der Waals surface area contributed by atoms with Gasteiger partial charge in [-0.3, -0.25) is 14.6 Å². The van der Waals surface area contributed by atoms with Gasteiger partial charge in [-0.2, -0.15) is 5.10 Å². The lowest BCUT2D eigenvalue weighted by Gasteiger charge is -2.22. The first-order chi connectivity index (χ1) is 12.2. The van der Waals surface area contributed by atoms with Crippen LogP contribution in [0.5, 0.6) is 0 Å². The third kappa shape index (κ3) is 3.17. The number of hydrogen-bond donors (Lipinski definition) is 1. The first-order valence-corrected chi connectivity index (χ1v) is 8.48. The van der Waals surface area contributed by atoms with E-state index in [9.17, 15) is 9.59 Å². The van der Waals surface area contributed by atoms with E-state index in [-0.39, 0.29) is 29.2 Å². The third-order valence-electron chi connectivity index (χ3n) is 4.71. The Morgan fingerprint density at radius 2 is 2.12 bits per heavy atom. The summed E-state index contributed by atoms with van der Waals surface area (Å²) in [6, 6.07) is 1.03. The van der Waals surface area contributed by atoms with Gasteiger partial charge in [0.05, 0.1) is 31.1 Å². The second kappa shape index (κ2) is 6.72. The van der Waals surface area contributed by atoms with Gasteiger partial charge in [0.25, 0.3) is 11.5 Å². The molecule has 1 saturated heterocycles. The number of fused-ring (bicyclic) bond motifs is 1. The molecule has 0 radical (unpaired) electrons. The Hall–Kier alpha value is -2.61. The van der Waals surface area contributed by atoms with Crippen LogP contribution >= 0.6 is 0 Å². The molecule has 1 aliphatic carbocycles. The molecule has 2 unspecified atom stereocenters. The lowest BCUT2D eigenvalue weighted by molar-refractivity contribution is 0.0919. The molecule has 1 N–H and O–H groups in total. The molecule has 1 fully saturated rings. The van der Waals surface area contributed by atoms with E-state index in [1.807, 2.05) is 0 Å². The van der Waals surface area contributed by atoms with Crippen molar-refractivity contribution in [3.8, 4) is 0 Å². The number of aromatic nitrogens is 4. The van der Waals surface area contributed by atoms with Gasteiger partial charge in [0.1, 0.15) is 11.7 Å². The second-order valence-electron chi connectivity index (χ2n) is 6.38. The Kier molecular flexibility index (Phi) is 4.27. The number of ether oxygens (including phenoxy) is 1. The zero-order valence-electron chi connectivity index (χ0n) is 13.7. The highest BCUT2D eigenvalue weighted by molar-refractivity contribution is 5.92. The van der Waals surface area contributed by atoms with Gasteiger partial charge >= 0.3 is 0 Å². The van der Waals surface area contributed by atoms with Crippen LogP contribution in [0.3, 0.4) is 0 Å². The number of amides is 1. The van der Waals surface area contributed by atoms with Crippen LogP contribution in [0, 0.1) is 0 Å². The van der Waals surface area contributed by atoms with Crippen LogP contribution in [0.25, 0.3) is 0 Å². The number of nitrogens with one attached hydrogen (secondary N) is 1. The van der Waals surface area contributed by atoms with Gasteiger partial charge in [0.15, 0.2) is 0 Å². The van der Waals surface area contributed by atoms with Gasteiger partial charge in [-0.15, -0.1) is 0 Å². The number of aryl methyl sites for hydroxylation is 2. The van der Waals surface area contributed by atoms with Crippen LogP contribution in [0.1, 0.15) is 40.6 Å². The average Bonchev–Trinajstić information content (AvgIpc) is 3.09. The highest BCUT2D eigenvalue weighted by Crippen LogP contribution is 2.21. The second-order valence-corrected chi connectivity index (χ2v) is 6.38.